The van der Waals surface area contributed by atoms with Crippen LogP contribution >= 0.6 is 22.9 Å². The van der Waals surface area contributed by atoms with Crippen LogP contribution in [0.4, 0.5) is 0 Å². The Kier molecular flexibility index (Phi) is 4.99. The van der Waals surface area contributed by atoms with Gasteiger partial charge in [-0.25, -0.2) is 4.98 Å². The van der Waals surface area contributed by atoms with Gasteiger partial charge in [-0.3, -0.25) is 14.3 Å². The molecule has 0 N–H and O–H groups in total. The Labute approximate surface area is 173 Å². The number of likely N-dealkylation sites (tertiary alicyclic amines) is 1. The summed E-state index contributed by atoms with van der Waals surface area (Å²) in [6, 6.07) is 7.79. The van der Waals surface area contributed by atoms with Crippen molar-refractivity contribution in [2.75, 3.05) is 13.1 Å². The molecule has 1 aromatic carbocycles. The molecule has 2 aromatic heterocycles. The molecular weight excluding hydrogens is 390 g/mol. The van der Waals surface area contributed by atoms with Gasteiger partial charge >= 0.3 is 0 Å². The standard InChI is InChI=1S/C22H24ClN3OS/c23-16-7-5-6-15(12-16)13-26-19(14-25-10-3-4-11-25)24-21-20(22(26)27)17-8-1-2-9-18(17)28-21/h5-7,12H,1-4,8-11,13-14H2. The molecule has 1 saturated heterocycles. The minimum absolute atomic E-state index is 0.124. The Morgan fingerprint density at radius 1 is 1.07 bits per heavy atom. The van der Waals surface area contributed by atoms with E-state index in [2.05, 4.69) is 4.90 Å². The lowest BCUT2D eigenvalue weighted by atomic mass is 9.97. The molecule has 0 saturated carbocycles. The molecule has 0 bridgehead atoms. The van der Waals surface area contributed by atoms with Gasteiger partial charge in [0.15, 0.2) is 0 Å². The molecule has 28 heavy (non-hydrogen) atoms. The number of rotatable bonds is 4. The second kappa shape index (κ2) is 7.62. The molecule has 4 nitrogen and oxygen atoms in total. The minimum Gasteiger partial charge on any atom is -0.296 e. The fourth-order valence-electron chi connectivity index (χ4n) is 4.52. The SMILES string of the molecule is O=c1c2c3c(sc2nc(CN2CCCC2)n1Cc1cccc(Cl)c1)CCCC3. The number of aromatic nitrogens is 2. The molecule has 0 radical (unpaired) electrons. The Morgan fingerprint density at radius 2 is 1.89 bits per heavy atom. The third-order valence-electron chi connectivity index (χ3n) is 5.95. The summed E-state index contributed by atoms with van der Waals surface area (Å²) in [5, 5.41) is 1.57. The smallest absolute Gasteiger partial charge is 0.262 e. The van der Waals surface area contributed by atoms with E-state index in [1.807, 2.05) is 28.8 Å². The topological polar surface area (TPSA) is 38.1 Å². The second-order valence-electron chi connectivity index (χ2n) is 7.92. The number of nitrogens with zero attached hydrogens (tertiary/aromatic N) is 3. The van der Waals surface area contributed by atoms with Gasteiger partial charge in [0, 0.05) is 9.90 Å². The van der Waals surface area contributed by atoms with E-state index in [1.54, 1.807) is 11.3 Å². The van der Waals surface area contributed by atoms with E-state index >= 15 is 0 Å². The molecule has 5 rings (SSSR count). The highest BCUT2D eigenvalue weighted by molar-refractivity contribution is 7.18. The van der Waals surface area contributed by atoms with Crippen molar-refractivity contribution in [1.29, 1.82) is 0 Å². The van der Waals surface area contributed by atoms with Crippen molar-refractivity contribution < 1.29 is 0 Å². The van der Waals surface area contributed by atoms with Crippen LogP contribution in [0.2, 0.25) is 5.02 Å². The largest absolute Gasteiger partial charge is 0.296 e. The first kappa shape index (κ1) is 18.3. The summed E-state index contributed by atoms with van der Waals surface area (Å²) in [6.07, 6.45) is 6.95. The van der Waals surface area contributed by atoms with E-state index in [1.165, 1.54) is 36.1 Å². The number of hydrogen-bond donors (Lipinski definition) is 0. The number of hydrogen-bond acceptors (Lipinski definition) is 4. The normalized spacial score (nSPS) is 17.3. The monoisotopic (exact) mass is 413 g/mol. The zero-order valence-electron chi connectivity index (χ0n) is 15.9. The average molecular weight is 414 g/mol. The zero-order valence-corrected chi connectivity index (χ0v) is 17.5. The molecule has 1 fully saturated rings. The van der Waals surface area contributed by atoms with Gasteiger partial charge in [-0.1, -0.05) is 23.7 Å². The lowest BCUT2D eigenvalue weighted by Gasteiger charge is -2.19. The average Bonchev–Trinajstić information content (AvgIpc) is 3.32. The highest BCUT2D eigenvalue weighted by Crippen LogP contribution is 2.34. The van der Waals surface area contributed by atoms with Gasteiger partial charge in [-0.2, -0.15) is 0 Å². The maximum atomic E-state index is 13.6. The molecule has 0 unspecified atom stereocenters. The molecule has 3 heterocycles. The first-order valence-corrected chi connectivity index (χ1v) is 11.4. The van der Waals surface area contributed by atoms with Gasteiger partial charge in [0.1, 0.15) is 10.7 Å². The molecule has 0 spiro atoms. The fourth-order valence-corrected chi connectivity index (χ4v) is 6.01. The van der Waals surface area contributed by atoms with Gasteiger partial charge in [0.25, 0.3) is 5.56 Å². The number of aryl methyl sites for hydroxylation is 2. The summed E-state index contributed by atoms with van der Waals surface area (Å²) in [5.74, 6) is 0.887. The number of halogens is 1. The lowest BCUT2D eigenvalue weighted by Crippen LogP contribution is -2.30. The van der Waals surface area contributed by atoms with Crippen LogP contribution in [-0.4, -0.2) is 27.5 Å². The van der Waals surface area contributed by atoms with Crippen LogP contribution in [0.25, 0.3) is 10.2 Å². The maximum absolute atomic E-state index is 13.6. The number of thiophene rings is 1. The second-order valence-corrected chi connectivity index (χ2v) is 9.44. The van der Waals surface area contributed by atoms with Crippen molar-refractivity contribution in [3.8, 4) is 0 Å². The molecule has 146 valence electrons. The van der Waals surface area contributed by atoms with Crippen LogP contribution in [-0.2, 0) is 25.9 Å². The van der Waals surface area contributed by atoms with Gasteiger partial charge in [0.2, 0.25) is 0 Å². The number of benzene rings is 1. The van der Waals surface area contributed by atoms with Crippen LogP contribution in [0.3, 0.4) is 0 Å². The lowest BCUT2D eigenvalue weighted by molar-refractivity contribution is 0.315. The van der Waals surface area contributed by atoms with E-state index in [0.717, 1.165) is 54.1 Å². The van der Waals surface area contributed by atoms with Crippen molar-refractivity contribution in [1.82, 2.24) is 14.5 Å². The van der Waals surface area contributed by atoms with Crippen LogP contribution in [0.5, 0.6) is 0 Å². The highest BCUT2D eigenvalue weighted by Gasteiger charge is 2.23. The molecule has 1 aliphatic heterocycles. The summed E-state index contributed by atoms with van der Waals surface area (Å²) < 4.78 is 1.90. The summed E-state index contributed by atoms with van der Waals surface area (Å²) >= 11 is 7.93. The minimum atomic E-state index is 0.124. The summed E-state index contributed by atoms with van der Waals surface area (Å²) in [6.45, 7) is 3.45. The zero-order chi connectivity index (χ0) is 19.1. The van der Waals surface area contributed by atoms with E-state index < -0.39 is 0 Å². The van der Waals surface area contributed by atoms with Crippen molar-refractivity contribution in [3.05, 3.63) is 61.5 Å². The first-order chi connectivity index (χ1) is 13.7. The van der Waals surface area contributed by atoms with Crippen molar-refractivity contribution in [3.63, 3.8) is 0 Å². The molecule has 2 aliphatic rings. The third-order valence-corrected chi connectivity index (χ3v) is 7.37. The molecule has 0 atom stereocenters. The van der Waals surface area contributed by atoms with E-state index in [4.69, 9.17) is 16.6 Å². The van der Waals surface area contributed by atoms with Crippen molar-refractivity contribution in [2.24, 2.45) is 0 Å². The summed E-state index contributed by atoms with van der Waals surface area (Å²) in [7, 11) is 0. The molecular formula is C22H24ClN3OS. The van der Waals surface area contributed by atoms with Crippen LogP contribution in [0.15, 0.2) is 29.1 Å². The first-order valence-electron chi connectivity index (χ1n) is 10.2. The van der Waals surface area contributed by atoms with E-state index in [9.17, 15) is 4.79 Å². The summed E-state index contributed by atoms with van der Waals surface area (Å²) in [5.41, 5.74) is 2.43. The predicted octanol–water partition coefficient (Wildman–Crippen LogP) is 4.63. The van der Waals surface area contributed by atoms with Gasteiger partial charge in [-0.05, 0) is 74.9 Å². The molecule has 0 amide bonds. The van der Waals surface area contributed by atoms with Gasteiger partial charge < -0.3 is 0 Å². The van der Waals surface area contributed by atoms with E-state index in [0.29, 0.717) is 11.6 Å². The third kappa shape index (κ3) is 3.40. The number of fused-ring (bicyclic) bond motifs is 3. The molecule has 6 heteroatoms. The Hall–Kier alpha value is -1.69. The van der Waals surface area contributed by atoms with Crippen LogP contribution in [0.1, 0.15) is 47.5 Å². The van der Waals surface area contributed by atoms with Crippen molar-refractivity contribution >= 4 is 33.2 Å². The van der Waals surface area contributed by atoms with Gasteiger partial charge in [-0.15, -0.1) is 11.3 Å². The Balaban J connectivity index is 1.65. The van der Waals surface area contributed by atoms with Crippen LogP contribution < -0.4 is 5.56 Å². The maximum Gasteiger partial charge on any atom is 0.262 e. The molecule has 1 aliphatic carbocycles. The Bertz CT molecular complexity index is 1080. The van der Waals surface area contributed by atoms with Crippen molar-refractivity contribution in [2.45, 2.75) is 51.6 Å². The van der Waals surface area contributed by atoms with Gasteiger partial charge in [0.05, 0.1) is 18.5 Å². The molecule has 3 aromatic rings. The fraction of sp³-hybridized carbons (Fsp3) is 0.455. The van der Waals surface area contributed by atoms with Crippen LogP contribution in [0, 0.1) is 0 Å². The highest BCUT2D eigenvalue weighted by atomic mass is 35.5. The predicted molar refractivity (Wildman–Crippen MR) is 116 cm³/mol. The van der Waals surface area contributed by atoms with E-state index in [-0.39, 0.29) is 5.56 Å². The quantitative estimate of drug-likeness (QED) is 0.625. The Morgan fingerprint density at radius 3 is 2.71 bits per heavy atom. The summed E-state index contributed by atoms with van der Waals surface area (Å²) in [4.78, 5) is 23.4.